The highest BCUT2D eigenvalue weighted by atomic mass is 32.1. The van der Waals surface area contributed by atoms with Gasteiger partial charge in [-0.3, -0.25) is 4.79 Å². The lowest BCUT2D eigenvalue weighted by molar-refractivity contribution is -0.123. The minimum absolute atomic E-state index is 0.0506. The number of thiazole rings is 1. The van der Waals surface area contributed by atoms with Gasteiger partial charge >= 0.3 is 0 Å². The van der Waals surface area contributed by atoms with Crippen molar-refractivity contribution in [1.29, 1.82) is 0 Å². The number of carbonyl (C=O) groups excluding carboxylic acids is 1. The molecule has 1 saturated carbocycles. The van der Waals surface area contributed by atoms with E-state index in [1.165, 1.54) is 0 Å². The van der Waals surface area contributed by atoms with E-state index in [0.717, 1.165) is 46.6 Å². The van der Waals surface area contributed by atoms with Crippen molar-refractivity contribution in [2.45, 2.75) is 39.2 Å². The molecule has 1 aliphatic carbocycles. The van der Waals surface area contributed by atoms with Crippen LogP contribution in [0.5, 0.6) is 0 Å². The van der Waals surface area contributed by atoms with Gasteiger partial charge in [0.25, 0.3) is 5.91 Å². The van der Waals surface area contributed by atoms with Crippen LogP contribution in [0.1, 0.15) is 32.6 Å². The van der Waals surface area contributed by atoms with Crippen LogP contribution in [0.15, 0.2) is 29.3 Å². The molecule has 1 amide bonds. The van der Waals surface area contributed by atoms with E-state index in [4.69, 9.17) is 4.74 Å². The zero-order valence-electron chi connectivity index (χ0n) is 13.8. The number of hydrogen-bond acceptors (Lipinski definition) is 3. The summed E-state index contributed by atoms with van der Waals surface area (Å²) < 4.78 is 8.47. The number of benzene rings is 1. The second kappa shape index (κ2) is 7.41. The quantitative estimate of drug-likeness (QED) is 0.858. The number of carbonyl (C=O) groups is 1. The number of fused-ring (bicyclic) bond motifs is 1. The smallest absolute Gasteiger partial charge is 0.251 e. The molecule has 0 bridgehead atoms. The Hall–Kier alpha value is -1.46. The second-order valence-electron chi connectivity index (χ2n) is 6.40. The topological polar surface area (TPSA) is 43.6 Å². The van der Waals surface area contributed by atoms with Crippen LogP contribution in [0, 0.1) is 11.8 Å². The van der Waals surface area contributed by atoms with Crippen LogP contribution >= 0.6 is 11.3 Å². The largest absolute Gasteiger partial charge is 0.383 e. The Bertz CT molecular complexity index is 739. The summed E-state index contributed by atoms with van der Waals surface area (Å²) in [7, 11) is 1.69. The summed E-state index contributed by atoms with van der Waals surface area (Å²) in [5, 5.41) is 0. The number of amides is 1. The Kier molecular flexibility index (Phi) is 5.28. The lowest BCUT2D eigenvalue weighted by atomic mass is 9.83. The zero-order chi connectivity index (χ0) is 16.2. The minimum atomic E-state index is 0.0506. The molecular formula is C18H24N2O2S. The van der Waals surface area contributed by atoms with Gasteiger partial charge in [-0.25, -0.2) is 0 Å². The van der Waals surface area contributed by atoms with E-state index in [-0.39, 0.29) is 11.8 Å². The Labute approximate surface area is 140 Å². The van der Waals surface area contributed by atoms with Crippen LogP contribution in [0.3, 0.4) is 0 Å². The van der Waals surface area contributed by atoms with Crippen molar-refractivity contribution >= 4 is 27.5 Å². The molecule has 0 atom stereocenters. The Morgan fingerprint density at radius 2 is 2.04 bits per heavy atom. The first-order valence-electron chi connectivity index (χ1n) is 8.35. The lowest BCUT2D eigenvalue weighted by Gasteiger charge is -2.23. The first kappa shape index (κ1) is 16.4. The summed E-state index contributed by atoms with van der Waals surface area (Å²) in [6, 6.07) is 8.20. The van der Waals surface area contributed by atoms with E-state index in [1.54, 1.807) is 18.4 Å². The van der Waals surface area contributed by atoms with E-state index in [0.29, 0.717) is 13.2 Å². The van der Waals surface area contributed by atoms with Gasteiger partial charge in [-0.05, 0) is 43.7 Å². The number of hydrogen-bond donors (Lipinski definition) is 0. The molecule has 23 heavy (non-hydrogen) atoms. The highest BCUT2D eigenvalue weighted by Gasteiger charge is 2.24. The second-order valence-corrected chi connectivity index (χ2v) is 7.41. The molecule has 0 saturated heterocycles. The molecule has 124 valence electrons. The van der Waals surface area contributed by atoms with Crippen molar-refractivity contribution in [3.63, 3.8) is 0 Å². The molecule has 1 aromatic carbocycles. The predicted octanol–water partition coefficient (Wildman–Crippen LogP) is 3.60. The van der Waals surface area contributed by atoms with Gasteiger partial charge in [-0.1, -0.05) is 30.4 Å². The van der Waals surface area contributed by atoms with E-state index >= 15 is 0 Å². The Balaban J connectivity index is 1.92. The molecule has 3 rings (SSSR count). The fourth-order valence-corrected chi connectivity index (χ4v) is 4.26. The third kappa shape index (κ3) is 3.72. The number of rotatable bonds is 4. The standard InChI is InChI=1S/C18H24N2O2S/c1-13-7-9-14(10-8-13)17(21)19-18-20(11-12-22-2)15-5-3-4-6-16(15)23-18/h3-6,13-14H,7-12H2,1-2H3/b19-18-. The SMILES string of the molecule is COCCn1/c(=N/C(=O)C2CCC(C)CC2)sc2ccccc21. The average molecular weight is 332 g/mol. The van der Waals surface area contributed by atoms with Crippen molar-refractivity contribution in [2.75, 3.05) is 13.7 Å². The number of methoxy groups -OCH3 is 1. The number of ether oxygens (including phenoxy) is 1. The van der Waals surface area contributed by atoms with Crippen LogP contribution in [0.25, 0.3) is 10.2 Å². The fourth-order valence-electron chi connectivity index (χ4n) is 3.20. The van der Waals surface area contributed by atoms with Gasteiger partial charge in [-0.2, -0.15) is 4.99 Å². The molecular weight excluding hydrogens is 308 g/mol. The molecule has 5 heteroatoms. The van der Waals surface area contributed by atoms with Crippen molar-refractivity contribution in [1.82, 2.24) is 4.57 Å². The van der Waals surface area contributed by atoms with E-state index in [1.807, 2.05) is 12.1 Å². The summed E-state index contributed by atoms with van der Waals surface area (Å²) in [5.74, 6) is 0.900. The van der Waals surface area contributed by atoms with Crippen molar-refractivity contribution in [3.8, 4) is 0 Å². The predicted molar refractivity (Wildman–Crippen MR) is 93.4 cm³/mol. The molecule has 0 aliphatic heterocycles. The molecule has 0 radical (unpaired) electrons. The zero-order valence-corrected chi connectivity index (χ0v) is 14.6. The van der Waals surface area contributed by atoms with Crippen molar-refractivity contribution in [2.24, 2.45) is 16.8 Å². The monoisotopic (exact) mass is 332 g/mol. The molecule has 2 aromatic rings. The molecule has 1 heterocycles. The van der Waals surface area contributed by atoms with Gasteiger partial charge < -0.3 is 9.30 Å². The number of para-hydroxylation sites is 1. The summed E-state index contributed by atoms with van der Waals surface area (Å²) in [6.45, 7) is 3.60. The van der Waals surface area contributed by atoms with Crippen LogP contribution < -0.4 is 4.80 Å². The first-order valence-corrected chi connectivity index (χ1v) is 9.16. The van der Waals surface area contributed by atoms with E-state index < -0.39 is 0 Å². The fraction of sp³-hybridized carbons (Fsp3) is 0.556. The van der Waals surface area contributed by atoms with E-state index in [2.05, 4.69) is 28.6 Å². The summed E-state index contributed by atoms with van der Waals surface area (Å²) in [5.41, 5.74) is 1.12. The normalized spacial score (nSPS) is 22.6. The minimum Gasteiger partial charge on any atom is -0.383 e. The average Bonchev–Trinajstić information content (AvgIpc) is 2.90. The maximum absolute atomic E-state index is 12.6. The van der Waals surface area contributed by atoms with Gasteiger partial charge in [0.1, 0.15) is 0 Å². The van der Waals surface area contributed by atoms with Crippen LogP contribution in [0.2, 0.25) is 0 Å². The molecule has 1 aliphatic rings. The van der Waals surface area contributed by atoms with Crippen molar-refractivity contribution < 1.29 is 9.53 Å². The third-order valence-electron chi connectivity index (χ3n) is 4.68. The van der Waals surface area contributed by atoms with Gasteiger partial charge in [0, 0.05) is 19.6 Å². The summed E-state index contributed by atoms with van der Waals surface area (Å²) in [4.78, 5) is 17.9. The molecule has 0 spiro atoms. The maximum atomic E-state index is 12.6. The molecule has 1 aromatic heterocycles. The Morgan fingerprint density at radius 3 is 2.78 bits per heavy atom. The first-order chi connectivity index (χ1) is 11.2. The van der Waals surface area contributed by atoms with Crippen LogP contribution in [-0.4, -0.2) is 24.2 Å². The number of aromatic nitrogens is 1. The highest BCUT2D eigenvalue weighted by Crippen LogP contribution is 2.29. The summed E-state index contributed by atoms with van der Waals surface area (Å²) in [6.07, 6.45) is 4.24. The van der Waals surface area contributed by atoms with Gasteiger partial charge in [0.05, 0.1) is 16.8 Å². The molecule has 1 fully saturated rings. The maximum Gasteiger partial charge on any atom is 0.251 e. The van der Waals surface area contributed by atoms with Gasteiger partial charge in [0.15, 0.2) is 4.80 Å². The van der Waals surface area contributed by atoms with Crippen molar-refractivity contribution in [3.05, 3.63) is 29.1 Å². The molecule has 0 N–H and O–H groups in total. The van der Waals surface area contributed by atoms with E-state index in [9.17, 15) is 4.79 Å². The van der Waals surface area contributed by atoms with Crippen LogP contribution in [0.4, 0.5) is 0 Å². The molecule has 4 nitrogen and oxygen atoms in total. The number of nitrogens with zero attached hydrogens (tertiary/aromatic N) is 2. The third-order valence-corrected chi connectivity index (χ3v) is 5.74. The van der Waals surface area contributed by atoms with Gasteiger partial charge in [0.2, 0.25) is 0 Å². The summed E-state index contributed by atoms with van der Waals surface area (Å²) >= 11 is 1.59. The van der Waals surface area contributed by atoms with Crippen LogP contribution in [-0.2, 0) is 16.1 Å². The lowest BCUT2D eigenvalue weighted by Crippen LogP contribution is -2.24. The molecule has 0 unspecified atom stereocenters. The van der Waals surface area contributed by atoms with Gasteiger partial charge in [-0.15, -0.1) is 0 Å². The highest BCUT2D eigenvalue weighted by molar-refractivity contribution is 7.16. The Morgan fingerprint density at radius 1 is 1.30 bits per heavy atom.